The molecule has 1 atom stereocenters. The molecular formula is C15H24N2O2. The van der Waals surface area contributed by atoms with Gasteiger partial charge in [-0.15, -0.1) is 0 Å². The van der Waals surface area contributed by atoms with Crippen LogP contribution < -0.4 is 5.73 Å². The number of hydrogen-bond acceptors (Lipinski definition) is 3. The highest BCUT2D eigenvalue weighted by molar-refractivity contribution is 5.69. The second-order valence-corrected chi connectivity index (χ2v) is 7.24. The van der Waals surface area contributed by atoms with Gasteiger partial charge >= 0.3 is 6.09 Å². The third-order valence-corrected chi connectivity index (χ3v) is 6.07. The van der Waals surface area contributed by atoms with E-state index < -0.39 is 0 Å². The summed E-state index contributed by atoms with van der Waals surface area (Å²) >= 11 is 0. The van der Waals surface area contributed by atoms with E-state index in [0.29, 0.717) is 13.1 Å². The van der Waals surface area contributed by atoms with E-state index in [1.807, 2.05) is 4.90 Å². The number of cyclic esters (lactones) is 1. The van der Waals surface area contributed by atoms with Gasteiger partial charge in [-0.2, -0.15) is 0 Å². The maximum atomic E-state index is 11.9. The molecule has 106 valence electrons. The summed E-state index contributed by atoms with van der Waals surface area (Å²) in [6.45, 7) is 2.08. The molecule has 4 heteroatoms. The van der Waals surface area contributed by atoms with Gasteiger partial charge in [0.25, 0.3) is 0 Å². The van der Waals surface area contributed by atoms with Gasteiger partial charge in [-0.1, -0.05) is 0 Å². The lowest BCUT2D eigenvalue weighted by Gasteiger charge is -2.55. The van der Waals surface area contributed by atoms with Crippen LogP contribution in [0, 0.1) is 29.6 Å². The second-order valence-electron chi connectivity index (χ2n) is 7.24. The van der Waals surface area contributed by atoms with Gasteiger partial charge in [0.2, 0.25) is 0 Å². The van der Waals surface area contributed by atoms with Crippen molar-refractivity contribution in [3.8, 4) is 0 Å². The van der Waals surface area contributed by atoms with E-state index in [0.717, 1.165) is 36.1 Å². The average Bonchev–Trinajstić information content (AvgIpc) is 2.74. The van der Waals surface area contributed by atoms with E-state index >= 15 is 0 Å². The summed E-state index contributed by atoms with van der Waals surface area (Å²) in [7, 11) is 0. The molecule has 1 unspecified atom stereocenters. The van der Waals surface area contributed by atoms with Gasteiger partial charge in [0, 0.05) is 13.1 Å². The van der Waals surface area contributed by atoms with Crippen LogP contribution in [0.2, 0.25) is 0 Å². The molecule has 5 aliphatic rings. The molecule has 1 amide bonds. The summed E-state index contributed by atoms with van der Waals surface area (Å²) < 4.78 is 5.28. The molecule has 4 saturated carbocycles. The van der Waals surface area contributed by atoms with Crippen LogP contribution in [0.25, 0.3) is 0 Å². The first-order chi connectivity index (χ1) is 9.22. The van der Waals surface area contributed by atoms with E-state index in [2.05, 4.69) is 0 Å². The molecule has 0 aromatic carbocycles. The second kappa shape index (κ2) is 4.37. The van der Waals surface area contributed by atoms with Crippen molar-refractivity contribution in [2.75, 3.05) is 19.6 Å². The smallest absolute Gasteiger partial charge is 0.410 e. The van der Waals surface area contributed by atoms with Crippen molar-refractivity contribution in [2.45, 2.75) is 38.2 Å². The van der Waals surface area contributed by atoms with Crippen LogP contribution in [0.15, 0.2) is 0 Å². The Morgan fingerprint density at radius 3 is 2.26 bits per heavy atom. The van der Waals surface area contributed by atoms with Gasteiger partial charge in [0.1, 0.15) is 6.10 Å². The fourth-order valence-corrected chi connectivity index (χ4v) is 5.44. The van der Waals surface area contributed by atoms with Crippen molar-refractivity contribution in [3.63, 3.8) is 0 Å². The SMILES string of the molecule is NCC1CN(CC2C3CC4CC(C3)CC2C4)C(=O)O1. The number of amides is 1. The van der Waals surface area contributed by atoms with Gasteiger partial charge in [-0.25, -0.2) is 4.79 Å². The Bertz CT molecular complexity index is 356. The number of nitrogens with zero attached hydrogens (tertiary/aromatic N) is 1. The Labute approximate surface area is 114 Å². The summed E-state index contributed by atoms with van der Waals surface area (Å²) in [5, 5.41) is 0. The molecule has 0 spiro atoms. The maximum absolute atomic E-state index is 11.9. The molecule has 0 radical (unpaired) electrons. The Morgan fingerprint density at radius 2 is 1.74 bits per heavy atom. The van der Waals surface area contributed by atoms with E-state index in [1.54, 1.807) is 0 Å². The van der Waals surface area contributed by atoms with Crippen LogP contribution in [-0.2, 0) is 4.74 Å². The molecule has 1 aliphatic heterocycles. The third-order valence-electron chi connectivity index (χ3n) is 6.07. The molecule has 4 aliphatic carbocycles. The summed E-state index contributed by atoms with van der Waals surface area (Å²) in [5.74, 6) is 4.49. The van der Waals surface area contributed by atoms with Crippen LogP contribution in [0.5, 0.6) is 0 Å². The van der Waals surface area contributed by atoms with Gasteiger partial charge in [0.15, 0.2) is 0 Å². The predicted molar refractivity (Wildman–Crippen MR) is 71.4 cm³/mol. The highest BCUT2D eigenvalue weighted by atomic mass is 16.6. The minimum Gasteiger partial charge on any atom is -0.443 e. The molecule has 4 nitrogen and oxygen atoms in total. The van der Waals surface area contributed by atoms with Crippen LogP contribution in [-0.4, -0.2) is 36.7 Å². The summed E-state index contributed by atoms with van der Waals surface area (Å²) in [4.78, 5) is 13.8. The zero-order valence-corrected chi connectivity index (χ0v) is 11.5. The molecule has 1 heterocycles. The van der Waals surface area contributed by atoms with Crippen LogP contribution >= 0.6 is 0 Å². The molecule has 0 aromatic heterocycles. The number of carbonyl (C=O) groups excluding carboxylic acids is 1. The average molecular weight is 264 g/mol. The lowest BCUT2D eigenvalue weighted by Crippen LogP contribution is -2.49. The molecule has 2 N–H and O–H groups in total. The van der Waals surface area contributed by atoms with Crippen LogP contribution in [0.4, 0.5) is 4.79 Å². The van der Waals surface area contributed by atoms with Crippen molar-refractivity contribution in [3.05, 3.63) is 0 Å². The van der Waals surface area contributed by atoms with Gasteiger partial charge < -0.3 is 15.4 Å². The largest absolute Gasteiger partial charge is 0.443 e. The van der Waals surface area contributed by atoms with Crippen molar-refractivity contribution >= 4 is 6.09 Å². The van der Waals surface area contributed by atoms with Crippen LogP contribution in [0.1, 0.15) is 32.1 Å². The van der Waals surface area contributed by atoms with Crippen molar-refractivity contribution in [1.82, 2.24) is 4.90 Å². The molecule has 0 aromatic rings. The fourth-order valence-electron chi connectivity index (χ4n) is 5.44. The number of ether oxygens (including phenoxy) is 1. The first-order valence-electron chi connectivity index (χ1n) is 7.88. The molecular weight excluding hydrogens is 240 g/mol. The minimum absolute atomic E-state index is 0.0793. The number of carbonyl (C=O) groups is 1. The monoisotopic (exact) mass is 264 g/mol. The van der Waals surface area contributed by atoms with Crippen LogP contribution in [0.3, 0.4) is 0 Å². The van der Waals surface area contributed by atoms with E-state index in [9.17, 15) is 4.79 Å². The number of hydrogen-bond donors (Lipinski definition) is 1. The van der Waals surface area contributed by atoms with Gasteiger partial charge in [-0.3, -0.25) is 0 Å². The zero-order valence-electron chi connectivity index (χ0n) is 11.5. The normalized spacial score (nSPS) is 47.8. The molecule has 4 bridgehead atoms. The zero-order chi connectivity index (χ0) is 13.0. The van der Waals surface area contributed by atoms with Crippen molar-refractivity contribution in [1.29, 1.82) is 0 Å². The summed E-state index contributed by atoms with van der Waals surface area (Å²) in [6, 6.07) is 0. The van der Waals surface area contributed by atoms with Crippen molar-refractivity contribution in [2.24, 2.45) is 35.3 Å². The van der Waals surface area contributed by atoms with Crippen molar-refractivity contribution < 1.29 is 9.53 Å². The summed E-state index contributed by atoms with van der Waals surface area (Å²) in [6.07, 6.45) is 6.94. The lowest BCUT2D eigenvalue weighted by atomic mass is 9.52. The standard InChI is InChI=1S/C15H24N2O2/c16-6-13-7-17(15(18)19-13)8-14-11-2-9-1-10(4-11)5-12(14)3-9/h9-14H,1-8,16H2. The van der Waals surface area contributed by atoms with E-state index in [1.165, 1.54) is 32.1 Å². The molecule has 5 fully saturated rings. The first-order valence-corrected chi connectivity index (χ1v) is 7.88. The lowest BCUT2D eigenvalue weighted by molar-refractivity contribution is -0.0439. The molecule has 1 saturated heterocycles. The number of nitrogens with two attached hydrogens (primary N) is 1. The molecule has 5 rings (SSSR count). The topological polar surface area (TPSA) is 55.6 Å². The highest BCUT2D eigenvalue weighted by Crippen LogP contribution is 2.56. The quantitative estimate of drug-likeness (QED) is 0.846. The maximum Gasteiger partial charge on any atom is 0.410 e. The Balaban J connectivity index is 1.44. The summed E-state index contributed by atoms with van der Waals surface area (Å²) in [5.41, 5.74) is 5.60. The Kier molecular flexibility index (Phi) is 2.76. The van der Waals surface area contributed by atoms with E-state index in [4.69, 9.17) is 10.5 Å². The highest BCUT2D eigenvalue weighted by Gasteiger charge is 2.49. The Hall–Kier alpha value is -0.770. The molecule has 19 heavy (non-hydrogen) atoms. The van der Waals surface area contributed by atoms with E-state index in [-0.39, 0.29) is 12.2 Å². The van der Waals surface area contributed by atoms with Gasteiger partial charge in [0.05, 0.1) is 6.54 Å². The first kappa shape index (κ1) is 12.0. The Morgan fingerprint density at radius 1 is 1.11 bits per heavy atom. The predicted octanol–water partition coefficient (Wildman–Crippen LogP) is 1.84. The fraction of sp³-hybridized carbons (Fsp3) is 0.933. The minimum atomic E-state index is -0.135. The number of rotatable bonds is 3. The van der Waals surface area contributed by atoms with Gasteiger partial charge in [-0.05, 0) is 61.7 Å². The third kappa shape index (κ3) is 1.95.